The zero-order valence-corrected chi connectivity index (χ0v) is 13.1. The first-order chi connectivity index (χ1) is 10.8. The van der Waals surface area contributed by atoms with E-state index in [1.807, 2.05) is 23.1 Å². The van der Waals surface area contributed by atoms with E-state index in [0.717, 1.165) is 42.9 Å². The SMILES string of the molecule is O=C(CCCc1cccs1)N1CCn2c1nc1ccccc12. The molecule has 3 heterocycles. The quantitative estimate of drug-likeness (QED) is 0.740. The topological polar surface area (TPSA) is 38.1 Å². The van der Waals surface area contributed by atoms with Crippen LogP contribution in [0.4, 0.5) is 5.95 Å². The van der Waals surface area contributed by atoms with E-state index < -0.39 is 0 Å². The van der Waals surface area contributed by atoms with E-state index in [4.69, 9.17) is 0 Å². The first-order valence-electron chi connectivity index (χ1n) is 7.61. The Balaban J connectivity index is 1.47. The van der Waals surface area contributed by atoms with Crippen molar-refractivity contribution in [3.05, 3.63) is 46.7 Å². The van der Waals surface area contributed by atoms with Gasteiger partial charge in [0.1, 0.15) is 0 Å². The molecule has 2 aromatic heterocycles. The van der Waals surface area contributed by atoms with Crippen molar-refractivity contribution in [2.24, 2.45) is 0 Å². The molecule has 0 saturated heterocycles. The number of hydrogen-bond donors (Lipinski definition) is 0. The first kappa shape index (κ1) is 13.5. The van der Waals surface area contributed by atoms with Gasteiger partial charge in [-0.2, -0.15) is 0 Å². The first-order valence-corrected chi connectivity index (χ1v) is 8.49. The molecule has 0 atom stereocenters. The molecule has 0 saturated carbocycles. The summed E-state index contributed by atoms with van der Waals surface area (Å²) in [6.07, 6.45) is 2.46. The number of aryl methyl sites for hydroxylation is 1. The van der Waals surface area contributed by atoms with Gasteiger partial charge in [0, 0.05) is 24.4 Å². The largest absolute Gasteiger partial charge is 0.308 e. The van der Waals surface area contributed by atoms with E-state index in [-0.39, 0.29) is 5.91 Å². The Morgan fingerprint density at radius 2 is 2.09 bits per heavy atom. The van der Waals surface area contributed by atoms with Gasteiger partial charge in [-0.15, -0.1) is 11.3 Å². The molecule has 4 rings (SSSR count). The number of benzene rings is 1. The highest BCUT2D eigenvalue weighted by atomic mass is 32.1. The number of para-hydroxylation sites is 2. The van der Waals surface area contributed by atoms with Crippen molar-refractivity contribution in [2.75, 3.05) is 11.4 Å². The molecule has 1 aromatic carbocycles. The van der Waals surface area contributed by atoms with Crippen LogP contribution in [0.25, 0.3) is 11.0 Å². The summed E-state index contributed by atoms with van der Waals surface area (Å²) in [6.45, 7) is 1.58. The molecule has 0 N–H and O–H groups in total. The molecule has 3 aromatic rings. The molecular formula is C17H17N3OS. The van der Waals surface area contributed by atoms with Crippen LogP contribution in [0.1, 0.15) is 17.7 Å². The highest BCUT2D eigenvalue weighted by Crippen LogP contribution is 2.27. The predicted octanol–water partition coefficient (Wildman–Crippen LogP) is 3.47. The summed E-state index contributed by atoms with van der Waals surface area (Å²) >= 11 is 1.76. The highest BCUT2D eigenvalue weighted by Gasteiger charge is 2.27. The summed E-state index contributed by atoms with van der Waals surface area (Å²) in [6, 6.07) is 12.3. The van der Waals surface area contributed by atoms with E-state index in [2.05, 4.69) is 33.1 Å². The zero-order valence-electron chi connectivity index (χ0n) is 12.2. The number of rotatable bonds is 4. The van der Waals surface area contributed by atoms with Crippen LogP contribution >= 0.6 is 11.3 Å². The van der Waals surface area contributed by atoms with Gasteiger partial charge >= 0.3 is 0 Å². The van der Waals surface area contributed by atoms with Gasteiger partial charge in [0.05, 0.1) is 11.0 Å². The lowest BCUT2D eigenvalue weighted by Crippen LogP contribution is -2.29. The third-order valence-corrected chi connectivity index (χ3v) is 5.05. The number of nitrogens with zero attached hydrogens (tertiary/aromatic N) is 3. The minimum absolute atomic E-state index is 0.186. The molecule has 1 amide bonds. The van der Waals surface area contributed by atoms with E-state index in [1.165, 1.54) is 4.88 Å². The van der Waals surface area contributed by atoms with Crippen molar-refractivity contribution in [1.82, 2.24) is 9.55 Å². The third-order valence-electron chi connectivity index (χ3n) is 4.12. The van der Waals surface area contributed by atoms with Crippen LogP contribution < -0.4 is 4.90 Å². The van der Waals surface area contributed by atoms with E-state index in [9.17, 15) is 4.79 Å². The van der Waals surface area contributed by atoms with Gasteiger partial charge in [-0.1, -0.05) is 18.2 Å². The lowest BCUT2D eigenvalue weighted by atomic mass is 10.2. The van der Waals surface area contributed by atoms with Crippen LogP contribution in [0.5, 0.6) is 0 Å². The third kappa shape index (κ3) is 2.31. The van der Waals surface area contributed by atoms with Crippen LogP contribution in [0.2, 0.25) is 0 Å². The Hall–Kier alpha value is -2.14. The van der Waals surface area contributed by atoms with Crippen LogP contribution in [-0.4, -0.2) is 22.0 Å². The summed E-state index contributed by atoms with van der Waals surface area (Å²) in [4.78, 5) is 20.3. The Kier molecular flexibility index (Phi) is 3.42. The number of thiophene rings is 1. The lowest BCUT2D eigenvalue weighted by molar-refractivity contribution is -0.118. The van der Waals surface area contributed by atoms with E-state index in [0.29, 0.717) is 6.42 Å². The fourth-order valence-electron chi connectivity index (χ4n) is 3.03. The van der Waals surface area contributed by atoms with Crippen LogP contribution in [-0.2, 0) is 17.8 Å². The van der Waals surface area contributed by atoms with Crippen LogP contribution in [0, 0.1) is 0 Å². The highest BCUT2D eigenvalue weighted by molar-refractivity contribution is 7.09. The molecule has 5 heteroatoms. The van der Waals surface area contributed by atoms with Crippen molar-refractivity contribution in [2.45, 2.75) is 25.8 Å². The average molecular weight is 311 g/mol. The van der Waals surface area contributed by atoms with Gasteiger partial charge in [-0.25, -0.2) is 4.98 Å². The molecule has 0 spiro atoms. The van der Waals surface area contributed by atoms with Crippen molar-refractivity contribution in [3.8, 4) is 0 Å². The second kappa shape index (κ2) is 5.57. The smallest absolute Gasteiger partial charge is 0.229 e. The number of aromatic nitrogens is 2. The summed E-state index contributed by atoms with van der Waals surface area (Å²) in [5.74, 6) is 0.993. The molecule has 0 unspecified atom stereocenters. The number of fused-ring (bicyclic) bond motifs is 3. The minimum atomic E-state index is 0.186. The van der Waals surface area contributed by atoms with Gasteiger partial charge in [-0.3, -0.25) is 9.69 Å². The molecule has 4 nitrogen and oxygen atoms in total. The summed E-state index contributed by atoms with van der Waals surface area (Å²) in [5.41, 5.74) is 2.08. The summed E-state index contributed by atoms with van der Waals surface area (Å²) < 4.78 is 2.15. The Bertz CT molecular complexity index is 807. The van der Waals surface area contributed by atoms with Gasteiger partial charge < -0.3 is 4.57 Å². The number of anilines is 1. The zero-order chi connectivity index (χ0) is 14.9. The maximum atomic E-state index is 12.5. The Labute approximate surface area is 133 Å². The molecular weight excluding hydrogens is 294 g/mol. The fourth-order valence-corrected chi connectivity index (χ4v) is 3.78. The Morgan fingerprint density at radius 3 is 2.95 bits per heavy atom. The lowest BCUT2D eigenvalue weighted by Gasteiger charge is -2.13. The monoisotopic (exact) mass is 311 g/mol. The maximum absolute atomic E-state index is 12.5. The molecule has 112 valence electrons. The van der Waals surface area contributed by atoms with Crippen LogP contribution in [0.15, 0.2) is 41.8 Å². The van der Waals surface area contributed by atoms with Gasteiger partial charge in [0.25, 0.3) is 0 Å². The molecule has 0 fully saturated rings. The molecule has 0 bridgehead atoms. The van der Waals surface area contributed by atoms with E-state index in [1.54, 1.807) is 11.3 Å². The number of amides is 1. The summed E-state index contributed by atoms with van der Waals surface area (Å²) in [5, 5.41) is 2.08. The molecule has 0 aliphatic carbocycles. The van der Waals surface area contributed by atoms with Crippen LogP contribution in [0.3, 0.4) is 0 Å². The predicted molar refractivity (Wildman–Crippen MR) is 89.3 cm³/mol. The van der Waals surface area contributed by atoms with Crippen molar-refractivity contribution in [3.63, 3.8) is 0 Å². The molecule has 0 radical (unpaired) electrons. The number of carbonyl (C=O) groups is 1. The average Bonchev–Trinajstić information content (AvgIpc) is 3.23. The minimum Gasteiger partial charge on any atom is -0.308 e. The fraction of sp³-hybridized carbons (Fsp3) is 0.294. The van der Waals surface area contributed by atoms with Gasteiger partial charge in [0.15, 0.2) is 0 Å². The normalized spacial score (nSPS) is 13.7. The van der Waals surface area contributed by atoms with Crippen molar-refractivity contribution >= 4 is 34.2 Å². The number of imidazole rings is 1. The Morgan fingerprint density at radius 1 is 1.18 bits per heavy atom. The van der Waals surface area contributed by atoms with Crippen molar-refractivity contribution < 1.29 is 4.79 Å². The molecule has 1 aliphatic rings. The maximum Gasteiger partial charge on any atom is 0.229 e. The standard InChI is InChI=1S/C17H17N3OS/c21-16(9-3-5-13-6-4-12-22-13)20-11-10-19-15-8-2-1-7-14(15)18-17(19)20/h1-2,4,6-8,12H,3,5,9-11H2. The number of hydrogen-bond acceptors (Lipinski definition) is 3. The second-order valence-electron chi connectivity index (χ2n) is 5.53. The van der Waals surface area contributed by atoms with Gasteiger partial charge in [0.2, 0.25) is 11.9 Å². The second-order valence-corrected chi connectivity index (χ2v) is 6.56. The number of carbonyl (C=O) groups excluding carboxylic acids is 1. The van der Waals surface area contributed by atoms with Gasteiger partial charge in [-0.05, 0) is 36.4 Å². The molecule has 1 aliphatic heterocycles. The summed E-state index contributed by atoms with van der Waals surface area (Å²) in [7, 11) is 0. The molecule has 22 heavy (non-hydrogen) atoms. The van der Waals surface area contributed by atoms with E-state index >= 15 is 0 Å². The van der Waals surface area contributed by atoms with Crippen molar-refractivity contribution in [1.29, 1.82) is 0 Å².